The second-order valence-electron chi connectivity index (χ2n) is 13.0. The van der Waals surface area contributed by atoms with E-state index in [1.54, 1.807) is 48.5 Å². The van der Waals surface area contributed by atoms with Gasteiger partial charge in [0, 0.05) is 22.3 Å². The maximum absolute atomic E-state index is 11.5. The molecule has 0 aromatic heterocycles. The molecule has 1 aliphatic rings. The number of phenolic OH excluding ortho intramolecular Hbond substituents is 4. The van der Waals surface area contributed by atoms with Gasteiger partial charge in [-0.2, -0.15) is 0 Å². The summed E-state index contributed by atoms with van der Waals surface area (Å²) in [7, 11) is 0. The standard InChI is InChI=1S/C44H40O8/c1-27-21-31-11-7-15-37(41(31)45)49-17-19-51-39-25-29-9-3-5-13-33(29)35(43(39)47)23-28(2)24-36-34-14-6-4-10-30(34)26-40(44(36)48)52-20-18-50-38-16-8-12-32(22-27)42(38)46/h3-16,25-26,45-48H,1-2,17-24H2. The van der Waals surface area contributed by atoms with Gasteiger partial charge in [-0.15, -0.1) is 0 Å². The highest BCUT2D eigenvalue weighted by Gasteiger charge is 2.20. The molecule has 4 N–H and O–H groups in total. The molecule has 0 radical (unpaired) electrons. The highest BCUT2D eigenvalue weighted by Crippen LogP contribution is 2.42. The number of hydrogen-bond acceptors (Lipinski definition) is 8. The lowest BCUT2D eigenvalue weighted by Gasteiger charge is -2.18. The lowest BCUT2D eigenvalue weighted by atomic mass is 9.92. The third-order valence-corrected chi connectivity index (χ3v) is 9.28. The molecule has 6 aromatic rings. The van der Waals surface area contributed by atoms with Crippen molar-refractivity contribution in [3.63, 3.8) is 0 Å². The molecule has 6 aromatic carbocycles. The van der Waals surface area contributed by atoms with Gasteiger partial charge in [-0.3, -0.25) is 0 Å². The Morgan fingerprint density at radius 2 is 0.788 bits per heavy atom. The SMILES string of the molecule is C=C1Cc2cccc(c2O)OCCOc2cc3ccccc3c(c2O)CC(=C)Cc2c(O)c(cc3ccccc23)OCCOc2cccc(c2O)C1. The third kappa shape index (κ3) is 7.14. The minimum Gasteiger partial charge on any atom is -0.504 e. The first-order valence-corrected chi connectivity index (χ1v) is 17.2. The predicted octanol–water partition coefficient (Wildman–Crippen LogP) is 8.73. The van der Waals surface area contributed by atoms with Gasteiger partial charge < -0.3 is 39.4 Å². The molecule has 8 heteroatoms. The van der Waals surface area contributed by atoms with Crippen LogP contribution in [0, 0.1) is 0 Å². The van der Waals surface area contributed by atoms with Gasteiger partial charge in [0.2, 0.25) is 0 Å². The van der Waals surface area contributed by atoms with E-state index in [9.17, 15) is 20.4 Å². The molecule has 0 unspecified atom stereocenters. The smallest absolute Gasteiger partial charge is 0.162 e. The normalized spacial score (nSPS) is 14.5. The highest BCUT2D eigenvalue weighted by atomic mass is 16.5. The lowest BCUT2D eigenvalue weighted by molar-refractivity contribution is 0.207. The number of para-hydroxylation sites is 2. The molecule has 0 aliphatic carbocycles. The Hall–Kier alpha value is -6.28. The molecular weight excluding hydrogens is 656 g/mol. The van der Waals surface area contributed by atoms with E-state index in [0.29, 0.717) is 70.9 Å². The first-order valence-electron chi connectivity index (χ1n) is 17.2. The van der Waals surface area contributed by atoms with Crippen molar-refractivity contribution in [1.82, 2.24) is 0 Å². The number of phenols is 4. The summed E-state index contributed by atoms with van der Waals surface area (Å²) >= 11 is 0. The summed E-state index contributed by atoms with van der Waals surface area (Å²) in [5, 5.41) is 48.7. The van der Waals surface area contributed by atoms with E-state index in [-0.39, 0.29) is 49.4 Å². The quantitative estimate of drug-likeness (QED) is 0.117. The van der Waals surface area contributed by atoms with Crippen LogP contribution in [-0.2, 0) is 25.7 Å². The number of allylic oxidation sites excluding steroid dienone is 2. The zero-order chi connectivity index (χ0) is 36.2. The van der Waals surface area contributed by atoms with Crippen molar-refractivity contribution < 1.29 is 39.4 Å². The lowest BCUT2D eigenvalue weighted by Crippen LogP contribution is -2.10. The van der Waals surface area contributed by atoms with Crippen molar-refractivity contribution in [3.05, 3.63) is 144 Å². The van der Waals surface area contributed by atoms with Gasteiger partial charge >= 0.3 is 0 Å². The zero-order valence-corrected chi connectivity index (χ0v) is 28.7. The highest BCUT2D eigenvalue weighted by molar-refractivity contribution is 5.91. The summed E-state index contributed by atoms with van der Waals surface area (Å²) in [5.41, 5.74) is 4.10. The number of benzene rings is 6. The fraction of sp³-hybridized carbons (Fsp3) is 0.182. The topological polar surface area (TPSA) is 118 Å². The van der Waals surface area contributed by atoms with Crippen molar-refractivity contribution in [2.24, 2.45) is 0 Å². The average molecular weight is 697 g/mol. The second kappa shape index (κ2) is 14.9. The maximum Gasteiger partial charge on any atom is 0.162 e. The number of hydrogen-bond donors (Lipinski definition) is 4. The molecular formula is C44H40O8. The number of fused-ring (bicyclic) bond motifs is 12. The van der Waals surface area contributed by atoms with E-state index in [1.165, 1.54) is 0 Å². The molecule has 0 saturated carbocycles. The fourth-order valence-corrected chi connectivity index (χ4v) is 6.77. The Kier molecular flexibility index (Phi) is 9.80. The van der Waals surface area contributed by atoms with Crippen LogP contribution in [-0.4, -0.2) is 46.9 Å². The molecule has 8 bridgehead atoms. The van der Waals surface area contributed by atoms with Crippen molar-refractivity contribution in [2.45, 2.75) is 25.7 Å². The van der Waals surface area contributed by atoms with Crippen molar-refractivity contribution in [1.29, 1.82) is 0 Å². The Labute approximate surface area is 302 Å². The molecule has 1 aliphatic heterocycles. The molecule has 52 heavy (non-hydrogen) atoms. The molecule has 0 atom stereocenters. The van der Waals surface area contributed by atoms with Crippen LogP contribution in [0.5, 0.6) is 46.0 Å². The minimum absolute atomic E-state index is 0.00408. The van der Waals surface area contributed by atoms with Crippen LogP contribution < -0.4 is 18.9 Å². The maximum atomic E-state index is 11.5. The molecule has 0 fully saturated rings. The Morgan fingerprint density at radius 1 is 0.404 bits per heavy atom. The summed E-state index contributed by atoms with van der Waals surface area (Å²) in [6.45, 7) is 8.99. The first-order chi connectivity index (χ1) is 25.3. The van der Waals surface area contributed by atoms with Crippen LogP contribution in [0.2, 0.25) is 0 Å². The van der Waals surface area contributed by atoms with Gasteiger partial charge in [0.1, 0.15) is 26.4 Å². The Balaban J connectivity index is 1.23. The van der Waals surface area contributed by atoms with Gasteiger partial charge in [-0.05, 0) is 71.5 Å². The van der Waals surface area contributed by atoms with E-state index >= 15 is 0 Å². The van der Waals surface area contributed by atoms with E-state index in [1.807, 2.05) is 48.5 Å². The molecule has 0 amide bonds. The molecule has 7 rings (SSSR count). The summed E-state index contributed by atoms with van der Waals surface area (Å²) in [5.74, 6) is 1.23. The van der Waals surface area contributed by atoms with Gasteiger partial charge in [-0.25, -0.2) is 0 Å². The molecule has 264 valence electrons. The van der Waals surface area contributed by atoms with Crippen LogP contribution in [0.25, 0.3) is 21.5 Å². The monoisotopic (exact) mass is 696 g/mol. The fourth-order valence-electron chi connectivity index (χ4n) is 6.77. The van der Waals surface area contributed by atoms with Gasteiger partial charge in [0.05, 0.1) is 0 Å². The van der Waals surface area contributed by atoms with Crippen LogP contribution in [0.3, 0.4) is 0 Å². The summed E-state index contributed by atoms with van der Waals surface area (Å²) < 4.78 is 24.0. The van der Waals surface area contributed by atoms with E-state index < -0.39 is 0 Å². The van der Waals surface area contributed by atoms with E-state index in [0.717, 1.165) is 32.7 Å². The average Bonchev–Trinajstić information content (AvgIpc) is 3.14. The van der Waals surface area contributed by atoms with Gasteiger partial charge in [-0.1, -0.05) is 97.1 Å². The summed E-state index contributed by atoms with van der Waals surface area (Å²) in [4.78, 5) is 0. The second-order valence-corrected chi connectivity index (χ2v) is 13.0. The zero-order valence-electron chi connectivity index (χ0n) is 28.7. The largest absolute Gasteiger partial charge is 0.504 e. The van der Waals surface area contributed by atoms with Crippen molar-refractivity contribution in [2.75, 3.05) is 26.4 Å². The summed E-state index contributed by atoms with van der Waals surface area (Å²) in [6.07, 6.45) is 1.35. The van der Waals surface area contributed by atoms with Crippen LogP contribution in [0.4, 0.5) is 0 Å². The van der Waals surface area contributed by atoms with Crippen LogP contribution >= 0.6 is 0 Å². The number of ether oxygens (including phenoxy) is 4. The molecule has 1 heterocycles. The minimum atomic E-state index is 0.00408. The molecule has 0 saturated heterocycles. The Morgan fingerprint density at radius 3 is 1.23 bits per heavy atom. The summed E-state index contributed by atoms with van der Waals surface area (Å²) in [6, 6.07) is 29.7. The molecule has 8 nitrogen and oxygen atoms in total. The Bertz CT molecular complexity index is 2150. The van der Waals surface area contributed by atoms with E-state index in [4.69, 9.17) is 18.9 Å². The third-order valence-electron chi connectivity index (χ3n) is 9.28. The van der Waals surface area contributed by atoms with Crippen LogP contribution in [0.15, 0.2) is 121 Å². The number of rotatable bonds is 0. The number of aromatic hydroxyl groups is 4. The van der Waals surface area contributed by atoms with E-state index in [2.05, 4.69) is 13.2 Å². The van der Waals surface area contributed by atoms with Crippen molar-refractivity contribution in [3.8, 4) is 46.0 Å². The van der Waals surface area contributed by atoms with Crippen molar-refractivity contribution >= 4 is 21.5 Å². The molecule has 0 spiro atoms. The predicted molar refractivity (Wildman–Crippen MR) is 203 cm³/mol. The van der Waals surface area contributed by atoms with Gasteiger partial charge in [0.15, 0.2) is 46.0 Å². The van der Waals surface area contributed by atoms with Gasteiger partial charge in [0.25, 0.3) is 0 Å². The van der Waals surface area contributed by atoms with Crippen LogP contribution in [0.1, 0.15) is 22.3 Å². The first kappa shape index (κ1) is 34.2.